The predicted molar refractivity (Wildman–Crippen MR) is 117 cm³/mol. The van der Waals surface area contributed by atoms with Crippen LogP contribution in [-0.4, -0.2) is 25.2 Å². The van der Waals surface area contributed by atoms with E-state index in [1.54, 1.807) is 13.3 Å². The normalized spacial score (nSPS) is 15.3. The number of aromatic nitrogens is 1. The third kappa shape index (κ3) is 4.08. The lowest BCUT2D eigenvalue weighted by Crippen LogP contribution is -2.42. The molecule has 0 radical (unpaired) electrons. The molecule has 5 heteroatoms. The third-order valence-corrected chi connectivity index (χ3v) is 5.74. The van der Waals surface area contributed by atoms with Gasteiger partial charge in [0.1, 0.15) is 12.4 Å². The summed E-state index contributed by atoms with van der Waals surface area (Å²) in [5, 5.41) is 10.0. The van der Waals surface area contributed by atoms with E-state index in [4.69, 9.17) is 9.47 Å². The monoisotopic (exact) mass is 399 g/mol. The first-order valence-corrected chi connectivity index (χ1v) is 10.2. The third-order valence-electron chi connectivity index (χ3n) is 5.74. The Hall–Kier alpha value is -3.52. The molecule has 3 aromatic rings. The Bertz CT molecular complexity index is 1020. The number of methoxy groups -OCH3 is 1. The van der Waals surface area contributed by atoms with Crippen LogP contribution in [0.15, 0.2) is 72.9 Å². The number of rotatable bonds is 6. The highest BCUT2D eigenvalue weighted by Crippen LogP contribution is 2.39. The van der Waals surface area contributed by atoms with E-state index in [-0.39, 0.29) is 0 Å². The van der Waals surface area contributed by atoms with Crippen LogP contribution in [0.2, 0.25) is 0 Å². The highest BCUT2D eigenvalue weighted by Gasteiger charge is 2.37. The Kier molecular flexibility index (Phi) is 5.85. The van der Waals surface area contributed by atoms with E-state index < -0.39 is 5.41 Å². The number of piperidine rings is 1. The molecule has 1 fully saturated rings. The number of ether oxygens (including phenoxy) is 2. The fourth-order valence-electron chi connectivity index (χ4n) is 3.95. The fraction of sp³-hybridized carbons (Fsp3) is 0.280. The largest absolute Gasteiger partial charge is 0.497 e. The molecule has 0 aliphatic carbocycles. The van der Waals surface area contributed by atoms with Gasteiger partial charge < -0.3 is 14.4 Å². The molecule has 0 saturated carbocycles. The van der Waals surface area contributed by atoms with Crippen LogP contribution in [0.1, 0.15) is 24.0 Å². The SMILES string of the molecule is COc1cccc(C2(C#N)CCN(c3ncccc3OCc3ccccc3)CC2)c1. The van der Waals surface area contributed by atoms with E-state index in [1.165, 1.54) is 0 Å². The zero-order chi connectivity index (χ0) is 20.8. The molecule has 2 aromatic carbocycles. The zero-order valence-electron chi connectivity index (χ0n) is 17.1. The van der Waals surface area contributed by atoms with Crippen LogP contribution < -0.4 is 14.4 Å². The van der Waals surface area contributed by atoms with E-state index in [2.05, 4.69) is 16.0 Å². The average Bonchev–Trinajstić information content (AvgIpc) is 2.84. The molecule has 1 saturated heterocycles. The average molecular weight is 399 g/mol. The minimum Gasteiger partial charge on any atom is -0.497 e. The molecule has 0 spiro atoms. The second-order valence-corrected chi connectivity index (χ2v) is 7.51. The lowest BCUT2D eigenvalue weighted by Gasteiger charge is -2.38. The van der Waals surface area contributed by atoms with Crippen LogP contribution in [0.3, 0.4) is 0 Å². The number of nitriles is 1. The standard InChI is InChI=1S/C25H25N3O2/c1-29-22-10-5-9-21(17-22)25(19-26)12-15-28(16-13-25)24-23(11-6-14-27-24)30-18-20-7-3-2-4-8-20/h2-11,14,17H,12-13,15-16,18H2,1H3. The smallest absolute Gasteiger partial charge is 0.171 e. The van der Waals surface area contributed by atoms with Gasteiger partial charge in [0.25, 0.3) is 0 Å². The molecule has 152 valence electrons. The van der Waals surface area contributed by atoms with E-state index >= 15 is 0 Å². The Balaban J connectivity index is 1.49. The van der Waals surface area contributed by atoms with E-state index in [9.17, 15) is 5.26 Å². The Morgan fingerprint density at radius 2 is 1.83 bits per heavy atom. The van der Waals surface area contributed by atoms with Crippen molar-refractivity contribution in [3.8, 4) is 17.6 Å². The topological polar surface area (TPSA) is 58.4 Å². The van der Waals surface area contributed by atoms with Gasteiger partial charge in [-0.3, -0.25) is 0 Å². The molecule has 2 heterocycles. The summed E-state index contributed by atoms with van der Waals surface area (Å²) < 4.78 is 11.4. The molecule has 0 amide bonds. The zero-order valence-corrected chi connectivity index (χ0v) is 17.1. The molecular weight excluding hydrogens is 374 g/mol. The van der Waals surface area contributed by atoms with Gasteiger partial charge in [-0.15, -0.1) is 0 Å². The van der Waals surface area contributed by atoms with Gasteiger partial charge in [0.05, 0.1) is 18.6 Å². The van der Waals surface area contributed by atoms with E-state index in [0.29, 0.717) is 6.61 Å². The molecule has 1 aliphatic rings. The van der Waals surface area contributed by atoms with Crippen LogP contribution in [-0.2, 0) is 12.0 Å². The summed E-state index contributed by atoms with van der Waals surface area (Å²) in [5.74, 6) is 2.39. The van der Waals surface area contributed by atoms with Crippen molar-refractivity contribution >= 4 is 5.82 Å². The van der Waals surface area contributed by atoms with E-state index in [0.717, 1.165) is 54.4 Å². The van der Waals surface area contributed by atoms with Crippen molar-refractivity contribution < 1.29 is 9.47 Å². The summed E-state index contributed by atoms with van der Waals surface area (Å²) in [6.07, 6.45) is 3.25. The maximum atomic E-state index is 10.0. The Morgan fingerprint density at radius 3 is 2.57 bits per heavy atom. The number of anilines is 1. The molecule has 0 atom stereocenters. The fourth-order valence-corrected chi connectivity index (χ4v) is 3.95. The summed E-state index contributed by atoms with van der Waals surface area (Å²) in [5.41, 5.74) is 1.63. The van der Waals surface area contributed by atoms with Gasteiger partial charge >= 0.3 is 0 Å². The number of benzene rings is 2. The quantitative estimate of drug-likeness (QED) is 0.600. The molecule has 30 heavy (non-hydrogen) atoms. The minimum atomic E-state index is -0.509. The van der Waals surface area contributed by atoms with Crippen molar-refractivity contribution in [1.29, 1.82) is 5.26 Å². The maximum Gasteiger partial charge on any atom is 0.171 e. The second kappa shape index (κ2) is 8.87. The predicted octanol–water partition coefficient (Wildman–Crippen LogP) is 4.73. The van der Waals surface area contributed by atoms with Gasteiger partial charge in [0, 0.05) is 19.3 Å². The highest BCUT2D eigenvalue weighted by molar-refractivity contribution is 5.53. The number of hydrogen-bond acceptors (Lipinski definition) is 5. The molecular formula is C25H25N3O2. The van der Waals surface area contributed by atoms with Crippen molar-refractivity contribution in [2.75, 3.05) is 25.1 Å². The molecule has 4 rings (SSSR count). The van der Waals surface area contributed by atoms with Crippen molar-refractivity contribution in [3.63, 3.8) is 0 Å². The summed E-state index contributed by atoms with van der Waals surface area (Å²) in [6, 6.07) is 24.4. The molecule has 0 bridgehead atoms. The summed E-state index contributed by atoms with van der Waals surface area (Å²) in [6.45, 7) is 1.98. The lowest BCUT2D eigenvalue weighted by molar-refractivity contribution is 0.303. The van der Waals surface area contributed by atoms with E-state index in [1.807, 2.05) is 66.7 Å². The molecule has 1 aromatic heterocycles. The lowest BCUT2D eigenvalue weighted by atomic mass is 9.74. The van der Waals surface area contributed by atoms with Crippen LogP contribution in [0.25, 0.3) is 0 Å². The van der Waals surface area contributed by atoms with Crippen LogP contribution in [0, 0.1) is 11.3 Å². The minimum absolute atomic E-state index is 0.499. The Morgan fingerprint density at radius 1 is 1.03 bits per heavy atom. The molecule has 5 nitrogen and oxygen atoms in total. The number of pyridine rings is 1. The second-order valence-electron chi connectivity index (χ2n) is 7.51. The molecule has 0 unspecified atom stereocenters. The van der Waals surface area contributed by atoms with Crippen molar-refractivity contribution in [3.05, 3.63) is 84.1 Å². The summed E-state index contributed by atoms with van der Waals surface area (Å²) in [4.78, 5) is 6.80. The highest BCUT2D eigenvalue weighted by atomic mass is 16.5. The summed E-state index contributed by atoms with van der Waals surface area (Å²) in [7, 11) is 1.65. The van der Waals surface area contributed by atoms with Crippen LogP contribution in [0.4, 0.5) is 5.82 Å². The summed E-state index contributed by atoms with van der Waals surface area (Å²) >= 11 is 0. The van der Waals surface area contributed by atoms with Gasteiger partial charge in [0.2, 0.25) is 0 Å². The van der Waals surface area contributed by atoms with Crippen LogP contribution in [0.5, 0.6) is 11.5 Å². The maximum absolute atomic E-state index is 10.0. The number of nitrogens with zero attached hydrogens (tertiary/aromatic N) is 3. The van der Waals surface area contributed by atoms with Gasteiger partial charge in [-0.2, -0.15) is 5.26 Å². The molecule has 1 aliphatic heterocycles. The van der Waals surface area contributed by atoms with Crippen molar-refractivity contribution in [2.24, 2.45) is 0 Å². The number of hydrogen-bond donors (Lipinski definition) is 0. The Labute approximate surface area is 177 Å². The van der Waals surface area contributed by atoms with Crippen LogP contribution >= 0.6 is 0 Å². The van der Waals surface area contributed by atoms with Crippen molar-refractivity contribution in [2.45, 2.75) is 24.9 Å². The first-order valence-electron chi connectivity index (χ1n) is 10.2. The van der Waals surface area contributed by atoms with Gasteiger partial charge in [-0.1, -0.05) is 42.5 Å². The first-order chi connectivity index (χ1) is 14.7. The van der Waals surface area contributed by atoms with Gasteiger partial charge in [-0.05, 0) is 48.2 Å². The van der Waals surface area contributed by atoms with Crippen molar-refractivity contribution in [1.82, 2.24) is 4.98 Å². The molecule has 0 N–H and O–H groups in total. The van der Waals surface area contributed by atoms with Gasteiger partial charge in [-0.25, -0.2) is 4.98 Å². The first kappa shape index (κ1) is 19.8. The van der Waals surface area contributed by atoms with Gasteiger partial charge in [0.15, 0.2) is 11.6 Å².